The van der Waals surface area contributed by atoms with Crippen LogP contribution in [0.15, 0.2) is 42.7 Å². The first-order valence-corrected chi connectivity index (χ1v) is 7.25. The minimum absolute atomic E-state index is 0. The lowest BCUT2D eigenvalue weighted by Gasteiger charge is -2.18. The summed E-state index contributed by atoms with van der Waals surface area (Å²) in [5.74, 6) is 0. The number of nitrogens with zero attached hydrogens (tertiary/aromatic N) is 2. The van der Waals surface area contributed by atoms with E-state index in [0.29, 0.717) is 0 Å². The summed E-state index contributed by atoms with van der Waals surface area (Å²) in [6, 6.07) is 10.8. The molecule has 4 heteroatoms. The van der Waals surface area contributed by atoms with Gasteiger partial charge in [0.05, 0.1) is 0 Å². The van der Waals surface area contributed by atoms with Gasteiger partial charge in [0.2, 0.25) is 0 Å². The maximum absolute atomic E-state index is 4.06. The normalized spacial score (nSPS) is 12.7. The number of nitrogens with one attached hydrogen (secondary N) is 1. The number of fused-ring (bicyclic) bond motifs is 1. The Hall–Kier alpha value is -1.58. The number of pyridine rings is 1. The molecule has 2 aromatic rings. The summed E-state index contributed by atoms with van der Waals surface area (Å²) in [6.45, 7) is 3.14. The van der Waals surface area contributed by atoms with Crippen molar-refractivity contribution in [3.05, 3.63) is 59.4 Å². The Labute approximate surface area is 132 Å². The van der Waals surface area contributed by atoms with E-state index in [1.807, 2.05) is 12.4 Å². The van der Waals surface area contributed by atoms with Crippen molar-refractivity contribution < 1.29 is 0 Å². The SMILES string of the molecule is CN(CCc1ccncc1)Cc1cccc2c1NCC2.Cl. The number of benzene rings is 1. The molecular formula is C17H22ClN3. The van der Waals surface area contributed by atoms with E-state index in [-0.39, 0.29) is 12.4 Å². The van der Waals surface area contributed by atoms with Gasteiger partial charge in [-0.1, -0.05) is 18.2 Å². The first-order valence-electron chi connectivity index (χ1n) is 7.25. The summed E-state index contributed by atoms with van der Waals surface area (Å²) >= 11 is 0. The molecule has 1 aromatic carbocycles. The van der Waals surface area contributed by atoms with Crippen LogP contribution in [0.2, 0.25) is 0 Å². The fourth-order valence-corrected chi connectivity index (χ4v) is 2.78. The highest BCUT2D eigenvalue weighted by Gasteiger charge is 2.14. The van der Waals surface area contributed by atoms with Crippen molar-refractivity contribution in [2.24, 2.45) is 0 Å². The van der Waals surface area contributed by atoms with Crippen LogP contribution in [-0.4, -0.2) is 30.0 Å². The molecule has 1 N–H and O–H groups in total. The Balaban J connectivity index is 0.00000161. The van der Waals surface area contributed by atoms with Gasteiger partial charge >= 0.3 is 0 Å². The number of para-hydroxylation sites is 1. The van der Waals surface area contributed by atoms with Crippen LogP contribution in [0.4, 0.5) is 5.69 Å². The van der Waals surface area contributed by atoms with Crippen LogP contribution in [0.3, 0.4) is 0 Å². The molecule has 0 saturated carbocycles. The fourth-order valence-electron chi connectivity index (χ4n) is 2.78. The molecule has 0 radical (unpaired) electrons. The zero-order valence-electron chi connectivity index (χ0n) is 12.4. The highest BCUT2D eigenvalue weighted by molar-refractivity contribution is 5.85. The third-order valence-corrected chi connectivity index (χ3v) is 3.90. The lowest BCUT2D eigenvalue weighted by Crippen LogP contribution is -2.21. The van der Waals surface area contributed by atoms with Gasteiger partial charge in [-0.2, -0.15) is 0 Å². The van der Waals surface area contributed by atoms with Crippen molar-refractivity contribution in [1.29, 1.82) is 0 Å². The molecule has 0 amide bonds. The maximum Gasteiger partial charge on any atom is 0.0419 e. The predicted octanol–water partition coefficient (Wildman–Crippen LogP) is 3.15. The van der Waals surface area contributed by atoms with Gasteiger partial charge in [-0.15, -0.1) is 12.4 Å². The molecule has 0 unspecified atom stereocenters. The second kappa shape index (κ2) is 7.43. The average molecular weight is 304 g/mol. The zero-order chi connectivity index (χ0) is 13.8. The summed E-state index contributed by atoms with van der Waals surface area (Å²) in [7, 11) is 2.19. The molecule has 0 aliphatic carbocycles. The van der Waals surface area contributed by atoms with Crippen molar-refractivity contribution in [2.75, 3.05) is 25.5 Å². The van der Waals surface area contributed by atoms with Crippen molar-refractivity contribution in [3.63, 3.8) is 0 Å². The summed E-state index contributed by atoms with van der Waals surface area (Å²) < 4.78 is 0. The van der Waals surface area contributed by atoms with Gasteiger partial charge in [-0.05, 0) is 48.7 Å². The van der Waals surface area contributed by atoms with E-state index in [1.54, 1.807) is 0 Å². The Kier molecular flexibility index (Phi) is 5.59. The lowest BCUT2D eigenvalue weighted by atomic mass is 10.1. The number of rotatable bonds is 5. The molecule has 0 spiro atoms. The molecule has 1 aliphatic heterocycles. The Morgan fingerprint density at radius 3 is 2.81 bits per heavy atom. The molecule has 0 bridgehead atoms. The van der Waals surface area contributed by atoms with Gasteiger partial charge in [0, 0.05) is 37.7 Å². The average Bonchev–Trinajstić information content (AvgIpc) is 2.96. The topological polar surface area (TPSA) is 28.2 Å². The molecule has 21 heavy (non-hydrogen) atoms. The quantitative estimate of drug-likeness (QED) is 0.920. The third-order valence-electron chi connectivity index (χ3n) is 3.90. The zero-order valence-corrected chi connectivity index (χ0v) is 13.2. The van der Waals surface area contributed by atoms with E-state index in [1.165, 1.54) is 22.4 Å². The van der Waals surface area contributed by atoms with Crippen LogP contribution in [0.5, 0.6) is 0 Å². The third kappa shape index (κ3) is 3.96. The monoisotopic (exact) mass is 303 g/mol. The second-order valence-electron chi connectivity index (χ2n) is 5.47. The largest absolute Gasteiger partial charge is 0.384 e. The van der Waals surface area contributed by atoms with Gasteiger partial charge in [-0.25, -0.2) is 0 Å². The molecule has 1 aromatic heterocycles. The van der Waals surface area contributed by atoms with Gasteiger partial charge < -0.3 is 10.2 Å². The minimum atomic E-state index is 0. The number of aromatic nitrogens is 1. The summed E-state index contributed by atoms with van der Waals surface area (Å²) in [4.78, 5) is 6.44. The molecule has 3 nitrogen and oxygen atoms in total. The van der Waals surface area contributed by atoms with E-state index >= 15 is 0 Å². The fraction of sp³-hybridized carbons (Fsp3) is 0.353. The summed E-state index contributed by atoms with van der Waals surface area (Å²) in [6.07, 6.45) is 5.96. The molecule has 0 fully saturated rings. The van der Waals surface area contributed by atoms with Crippen LogP contribution in [0.1, 0.15) is 16.7 Å². The maximum atomic E-state index is 4.06. The van der Waals surface area contributed by atoms with Crippen LogP contribution >= 0.6 is 12.4 Å². The number of anilines is 1. The number of hydrogen-bond donors (Lipinski definition) is 1. The van der Waals surface area contributed by atoms with Crippen LogP contribution in [0, 0.1) is 0 Å². The second-order valence-corrected chi connectivity index (χ2v) is 5.47. The molecule has 112 valence electrons. The van der Waals surface area contributed by atoms with E-state index in [0.717, 1.165) is 32.5 Å². The molecule has 0 atom stereocenters. The number of hydrogen-bond acceptors (Lipinski definition) is 3. The van der Waals surface area contributed by atoms with Crippen molar-refractivity contribution in [3.8, 4) is 0 Å². The van der Waals surface area contributed by atoms with Gasteiger partial charge in [0.15, 0.2) is 0 Å². The standard InChI is InChI=1S/C17H21N3.ClH/c1-20(12-8-14-5-9-18-10-6-14)13-16-4-2-3-15-7-11-19-17(15)16;/h2-6,9-10,19H,7-8,11-13H2,1H3;1H. The Bertz CT molecular complexity index is 572. The van der Waals surface area contributed by atoms with Crippen LogP contribution in [0.25, 0.3) is 0 Å². The van der Waals surface area contributed by atoms with Gasteiger partial charge in [0.1, 0.15) is 0 Å². The summed E-state index contributed by atoms with van der Waals surface area (Å²) in [5, 5.41) is 3.51. The van der Waals surface area contributed by atoms with E-state index < -0.39 is 0 Å². The number of likely N-dealkylation sites (N-methyl/N-ethyl adjacent to an activating group) is 1. The lowest BCUT2D eigenvalue weighted by molar-refractivity contribution is 0.331. The van der Waals surface area contributed by atoms with Crippen LogP contribution < -0.4 is 5.32 Å². The first-order chi connectivity index (χ1) is 9.83. The smallest absolute Gasteiger partial charge is 0.0419 e. The van der Waals surface area contributed by atoms with Crippen molar-refractivity contribution in [1.82, 2.24) is 9.88 Å². The summed E-state index contributed by atoms with van der Waals surface area (Å²) in [5.41, 5.74) is 5.59. The van der Waals surface area contributed by atoms with Gasteiger partial charge in [0.25, 0.3) is 0 Å². The first kappa shape index (κ1) is 15.8. The molecule has 2 heterocycles. The van der Waals surface area contributed by atoms with Crippen molar-refractivity contribution in [2.45, 2.75) is 19.4 Å². The van der Waals surface area contributed by atoms with Crippen LogP contribution in [-0.2, 0) is 19.4 Å². The molecule has 3 rings (SSSR count). The van der Waals surface area contributed by atoms with E-state index in [2.05, 4.69) is 52.6 Å². The highest BCUT2D eigenvalue weighted by Crippen LogP contribution is 2.27. The minimum Gasteiger partial charge on any atom is -0.384 e. The van der Waals surface area contributed by atoms with E-state index in [4.69, 9.17) is 0 Å². The Morgan fingerprint density at radius 2 is 2.00 bits per heavy atom. The van der Waals surface area contributed by atoms with E-state index in [9.17, 15) is 0 Å². The Morgan fingerprint density at radius 1 is 1.19 bits per heavy atom. The van der Waals surface area contributed by atoms with Crippen molar-refractivity contribution >= 4 is 18.1 Å². The number of halogens is 1. The molecule has 0 saturated heterocycles. The predicted molar refractivity (Wildman–Crippen MR) is 90.2 cm³/mol. The van der Waals surface area contributed by atoms with Gasteiger partial charge in [-0.3, -0.25) is 4.98 Å². The highest BCUT2D eigenvalue weighted by atomic mass is 35.5. The molecule has 1 aliphatic rings. The molecular weight excluding hydrogens is 282 g/mol.